The minimum absolute atomic E-state index is 0.0237. The van der Waals surface area contributed by atoms with Gasteiger partial charge < -0.3 is 9.84 Å². The number of rotatable bonds is 7. The number of aromatic nitrogens is 2. The summed E-state index contributed by atoms with van der Waals surface area (Å²) >= 11 is 0. The zero-order chi connectivity index (χ0) is 15.3. The molecule has 0 aliphatic rings. The van der Waals surface area contributed by atoms with E-state index in [1.54, 1.807) is 13.0 Å². The summed E-state index contributed by atoms with van der Waals surface area (Å²) in [7, 11) is -1.60. The molecule has 1 heterocycles. The van der Waals surface area contributed by atoms with Gasteiger partial charge in [0.2, 0.25) is 15.9 Å². The number of hydrogen-bond donors (Lipinski definition) is 2. The van der Waals surface area contributed by atoms with Gasteiger partial charge in [0, 0.05) is 13.5 Å². The van der Waals surface area contributed by atoms with E-state index in [1.807, 2.05) is 25.2 Å². The molecule has 1 aromatic carbocycles. The summed E-state index contributed by atoms with van der Waals surface area (Å²) in [5.74, 6) is 0.644. The normalized spacial score (nSPS) is 11.7. The lowest BCUT2D eigenvalue weighted by atomic mass is 10.1. The molecule has 0 aliphatic carbocycles. The van der Waals surface area contributed by atoms with Crippen LogP contribution in [0, 0.1) is 6.92 Å². The van der Waals surface area contributed by atoms with E-state index in [1.165, 1.54) is 0 Å². The maximum absolute atomic E-state index is 12.0. The first-order valence-electron chi connectivity index (χ1n) is 6.47. The molecule has 2 rings (SSSR count). The van der Waals surface area contributed by atoms with E-state index in [0.29, 0.717) is 18.3 Å². The molecule has 2 N–H and O–H groups in total. The van der Waals surface area contributed by atoms with Crippen molar-refractivity contribution in [3.8, 4) is 0 Å². The molecule has 0 saturated carbocycles. The predicted molar refractivity (Wildman–Crippen MR) is 77.7 cm³/mol. The fraction of sp³-hybridized carbons (Fsp3) is 0.385. The van der Waals surface area contributed by atoms with Gasteiger partial charge in [-0.25, -0.2) is 13.1 Å². The van der Waals surface area contributed by atoms with Gasteiger partial charge in [-0.15, -0.1) is 0 Å². The highest BCUT2D eigenvalue weighted by Gasteiger charge is 2.13. The molecule has 114 valence electrons. The predicted octanol–water partition coefficient (Wildman–Crippen LogP) is 0.717. The van der Waals surface area contributed by atoms with E-state index >= 15 is 0 Å². The van der Waals surface area contributed by atoms with Crippen molar-refractivity contribution >= 4 is 10.0 Å². The first-order chi connectivity index (χ1) is 9.98. The van der Waals surface area contributed by atoms with Crippen LogP contribution in [0.5, 0.6) is 0 Å². The van der Waals surface area contributed by atoms with Crippen LogP contribution in [0.2, 0.25) is 0 Å². The lowest BCUT2D eigenvalue weighted by Crippen LogP contribution is -2.25. The maximum atomic E-state index is 12.0. The number of nitrogens with one attached hydrogen (secondary N) is 2. The third-order valence-corrected chi connectivity index (χ3v) is 4.05. The number of nitrogens with zero attached hydrogens (tertiary/aromatic N) is 2. The Balaban J connectivity index is 1.98. The molecule has 0 saturated heterocycles. The van der Waals surface area contributed by atoms with E-state index in [9.17, 15) is 8.42 Å². The van der Waals surface area contributed by atoms with Crippen LogP contribution in [0.25, 0.3) is 0 Å². The lowest BCUT2D eigenvalue weighted by Gasteiger charge is -2.07. The Labute approximate surface area is 123 Å². The lowest BCUT2D eigenvalue weighted by molar-refractivity contribution is 0.387. The van der Waals surface area contributed by atoms with Gasteiger partial charge in [0.05, 0.1) is 12.3 Å². The van der Waals surface area contributed by atoms with Gasteiger partial charge in [-0.3, -0.25) is 0 Å². The van der Waals surface area contributed by atoms with E-state index in [4.69, 9.17) is 4.52 Å². The standard InChI is InChI=1S/C13H18N4O3S/c1-10-16-13(17-20-10)8-15-21(18,19)9-12-5-3-4-11(6-12)7-14-2/h3-6,14-15H,7-9H2,1-2H3. The van der Waals surface area contributed by atoms with E-state index in [-0.39, 0.29) is 12.3 Å². The Kier molecular flexibility index (Phi) is 5.05. The van der Waals surface area contributed by atoms with Gasteiger partial charge in [-0.05, 0) is 18.2 Å². The molecule has 0 amide bonds. The van der Waals surface area contributed by atoms with Crippen molar-refractivity contribution in [3.05, 3.63) is 47.1 Å². The molecule has 0 fully saturated rings. The molecule has 21 heavy (non-hydrogen) atoms. The fourth-order valence-electron chi connectivity index (χ4n) is 1.89. The molecule has 0 atom stereocenters. The Morgan fingerprint density at radius 3 is 2.67 bits per heavy atom. The van der Waals surface area contributed by atoms with Crippen LogP contribution >= 0.6 is 0 Å². The third-order valence-electron chi connectivity index (χ3n) is 2.75. The molecule has 2 aromatic rings. The highest BCUT2D eigenvalue weighted by atomic mass is 32.2. The van der Waals surface area contributed by atoms with Crippen molar-refractivity contribution in [2.75, 3.05) is 7.05 Å². The Morgan fingerprint density at radius 1 is 1.24 bits per heavy atom. The SMILES string of the molecule is CNCc1cccc(CS(=O)(=O)NCc2noc(C)n2)c1. The van der Waals surface area contributed by atoms with Crippen LogP contribution in [0.15, 0.2) is 28.8 Å². The van der Waals surface area contributed by atoms with Crippen LogP contribution in [-0.4, -0.2) is 25.6 Å². The summed E-state index contributed by atoms with van der Waals surface area (Å²) < 4.78 is 31.3. The van der Waals surface area contributed by atoms with Gasteiger partial charge in [-0.2, -0.15) is 4.98 Å². The Hall–Kier alpha value is -1.77. The number of aryl methyl sites for hydroxylation is 1. The van der Waals surface area contributed by atoms with Crippen molar-refractivity contribution in [1.29, 1.82) is 0 Å². The molecular formula is C13H18N4O3S. The molecule has 0 unspecified atom stereocenters. The van der Waals surface area contributed by atoms with Crippen LogP contribution in [0.4, 0.5) is 0 Å². The Morgan fingerprint density at radius 2 is 2.00 bits per heavy atom. The smallest absolute Gasteiger partial charge is 0.223 e. The number of sulfonamides is 1. The van der Waals surface area contributed by atoms with Crippen LogP contribution in [0.3, 0.4) is 0 Å². The summed E-state index contributed by atoms with van der Waals surface area (Å²) in [6, 6.07) is 7.45. The van der Waals surface area contributed by atoms with Crippen molar-refractivity contribution in [2.45, 2.75) is 25.8 Å². The second-order valence-electron chi connectivity index (χ2n) is 4.66. The monoisotopic (exact) mass is 310 g/mol. The van der Waals surface area contributed by atoms with E-state index in [0.717, 1.165) is 11.1 Å². The molecule has 1 aromatic heterocycles. The van der Waals surface area contributed by atoms with Gasteiger partial charge in [0.25, 0.3) is 0 Å². The van der Waals surface area contributed by atoms with Gasteiger partial charge in [-0.1, -0.05) is 29.4 Å². The molecule has 8 heteroatoms. The molecule has 0 aliphatic heterocycles. The van der Waals surface area contributed by atoms with Gasteiger partial charge >= 0.3 is 0 Å². The molecule has 0 radical (unpaired) electrons. The minimum atomic E-state index is -3.45. The van der Waals surface area contributed by atoms with Gasteiger partial charge in [0.1, 0.15) is 0 Å². The topological polar surface area (TPSA) is 97.1 Å². The second kappa shape index (κ2) is 6.79. The van der Waals surface area contributed by atoms with Crippen molar-refractivity contribution < 1.29 is 12.9 Å². The third kappa shape index (κ3) is 4.92. The first-order valence-corrected chi connectivity index (χ1v) is 8.13. The minimum Gasteiger partial charge on any atom is -0.340 e. The van der Waals surface area contributed by atoms with Crippen molar-refractivity contribution in [2.24, 2.45) is 0 Å². The van der Waals surface area contributed by atoms with E-state index in [2.05, 4.69) is 20.2 Å². The van der Waals surface area contributed by atoms with E-state index < -0.39 is 10.0 Å². The highest BCUT2D eigenvalue weighted by Crippen LogP contribution is 2.09. The average Bonchev–Trinajstić information content (AvgIpc) is 2.83. The molecule has 7 nitrogen and oxygen atoms in total. The fourth-order valence-corrected chi connectivity index (χ4v) is 2.96. The zero-order valence-corrected chi connectivity index (χ0v) is 12.8. The zero-order valence-electron chi connectivity index (χ0n) is 12.0. The molecule has 0 bridgehead atoms. The first kappa shape index (κ1) is 15.6. The summed E-state index contributed by atoms with van der Waals surface area (Å²) in [5, 5.41) is 6.67. The van der Waals surface area contributed by atoms with Crippen molar-refractivity contribution in [1.82, 2.24) is 20.2 Å². The highest BCUT2D eigenvalue weighted by molar-refractivity contribution is 7.88. The number of hydrogen-bond acceptors (Lipinski definition) is 6. The molecule has 0 spiro atoms. The van der Waals surface area contributed by atoms with Crippen LogP contribution in [0.1, 0.15) is 22.8 Å². The summed E-state index contributed by atoms with van der Waals surface area (Å²) in [6.07, 6.45) is 0. The molecular weight excluding hydrogens is 292 g/mol. The summed E-state index contributed by atoms with van der Waals surface area (Å²) in [5.41, 5.74) is 1.78. The quantitative estimate of drug-likeness (QED) is 0.782. The average molecular weight is 310 g/mol. The Bertz CT molecular complexity index is 697. The van der Waals surface area contributed by atoms with Gasteiger partial charge in [0.15, 0.2) is 5.82 Å². The largest absolute Gasteiger partial charge is 0.340 e. The summed E-state index contributed by atoms with van der Waals surface area (Å²) in [6.45, 7) is 2.37. The second-order valence-corrected chi connectivity index (χ2v) is 6.47. The number of benzene rings is 1. The van der Waals surface area contributed by atoms with Crippen LogP contribution in [-0.2, 0) is 28.9 Å². The van der Waals surface area contributed by atoms with Crippen molar-refractivity contribution in [3.63, 3.8) is 0 Å². The van der Waals surface area contributed by atoms with Crippen LogP contribution < -0.4 is 10.0 Å². The summed E-state index contributed by atoms with van der Waals surface area (Å²) in [4.78, 5) is 3.95. The maximum Gasteiger partial charge on any atom is 0.223 e.